The van der Waals surface area contributed by atoms with E-state index in [4.69, 9.17) is 15.7 Å². The highest BCUT2D eigenvalue weighted by Gasteiger charge is 2.25. The third kappa shape index (κ3) is 3.28. The van der Waals surface area contributed by atoms with Gasteiger partial charge in [-0.1, -0.05) is 6.07 Å². The van der Waals surface area contributed by atoms with Gasteiger partial charge in [-0.05, 0) is 18.2 Å². The van der Waals surface area contributed by atoms with Crippen LogP contribution in [0, 0.1) is 0 Å². The smallest absolute Gasteiger partial charge is 0.160 e. The maximum atomic E-state index is 5.92. The number of fused-ring (bicyclic) bond motifs is 2. The number of nitrogens with two attached hydrogens (primary N) is 1. The molecule has 6 aromatic heterocycles. The normalized spacial score (nSPS) is 14.0. The molecular formula is C24H19N11. The Hall–Kier alpha value is -4.77. The van der Waals surface area contributed by atoms with Gasteiger partial charge in [-0.3, -0.25) is 20.1 Å². The van der Waals surface area contributed by atoms with Crippen LogP contribution in [0.4, 0.5) is 5.82 Å². The highest BCUT2D eigenvalue weighted by Crippen LogP contribution is 2.31. The molecule has 11 heteroatoms. The first-order valence-corrected chi connectivity index (χ1v) is 11.2. The van der Waals surface area contributed by atoms with Crippen LogP contribution in [0.2, 0.25) is 0 Å². The number of pyridine rings is 3. The van der Waals surface area contributed by atoms with Gasteiger partial charge in [0.15, 0.2) is 11.5 Å². The average Bonchev–Trinajstić information content (AvgIpc) is 3.51. The molecule has 0 aromatic carbocycles. The fourth-order valence-electron chi connectivity index (χ4n) is 4.35. The molecule has 35 heavy (non-hydrogen) atoms. The molecule has 0 spiro atoms. The molecule has 1 fully saturated rings. The summed E-state index contributed by atoms with van der Waals surface area (Å²) in [6.07, 6.45) is 10.5. The number of anilines is 1. The van der Waals surface area contributed by atoms with E-state index in [-0.39, 0.29) is 6.04 Å². The minimum atomic E-state index is 0.181. The Morgan fingerprint density at radius 1 is 0.943 bits per heavy atom. The zero-order chi connectivity index (χ0) is 23.4. The molecule has 0 atom stereocenters. The van der Waals surface area contributed by atoms with Crippen molar-refractivity contribution in [2.75, 3.05) is 18.0 Å². The minimum absolute atomic E-state index is 0.181. The number of nitrogens with one attached hydrogen (secondary N) is 2. The summed E-state index contributed by atoms with van der Waals surface area (Å²) in [6.45, 7) is 1.55. The van der Waals surface area contributed by atoms with Gasteiger partial charge in [0.25, 0.3) is 0 Å². The van der Waals surface area contributed by atoms with Gasteiger partial charge >= 0.3 is 0 Å². The van der Waals surface area contributed by atoms with Crippen molar-refractivity contribution in [1.29, 1.82) is 0 Å². The summed E-state index contributed by atoms with van der Waals surface area (Å²) in [5, 5.41) is 8.44. The van der Waals surface area contributed by atoms with Crippen molar-refractivity contribution in [2.45, 2.75) is 6.04 Å². The van der Waals surface area contributed by atoms with Gasteiger partial charge in [-0.25, -0.2) is 15.0 Å². The molecule has 7 heterocycles. The highest BCUT2D eigenvalue weighted by molar-refractivity contribution is 5.96. The molecule has 7 rings (SSSR count). The van der Waals surface area contributed by atoms with Crippen LogP contribution < -0.4 is 10.6 Å². The van der Waals surface area contributed by atoms with Crippen LogP contribution in [-0.2, 0) is 0 Å². The number of rotatable bonds is 4. The molecule has 0 amide bonds. The topological polar surface area (TPSA) is 151 Å². The second-order valence-corrected chi connectivity index (χ2v) is 8.50. The first-order valence-electron chi connectivity index (χ1n) is 11.2. The molecular weight excluding hydrogens is 442 g/mol. The molecule has 6 aromatic rings. The standard InChI is InChI=1S/C24H19N11/c25-14-11-35(12-14)20-10-27-8-19(30-20)17-6-16-18(9-29-17)33-34-22(16)24-31-21-15(3-5-28-23(21)32-24)13-2-1-4-26-7-13/h1-10,14H,11-12,25H2,(H,33,34)(H,28,31,32). The molecule has 170 valence electrons. The van der Waals surface area contributed by atoms with Gasteiger partial charge in [0.2, 0.25) is 0 Å². The number of hydrogen-bond acceptors (Lipinski definition) is 9. The van der Waals surface area contributed by atoms with E-state index < -0.39 is 0 Å². The van der Waals surface area contributed by atoms with Crippen LogP contribution >= 0.6 is 0 Å². The van der Waals surface area contributed by atoms with Gasteiger partial charge < -0.3 is 15.6 Å². The Bertz CT molecular complexity index is 1680. The molecule has 1 aliphatic rings. The summed E-state index contributed by atoms with van der Waals surface area (Å²) in [5.41, 5.74) is 12.1. The van der Waals surface area contributed by atoms with Crippen LogP contribution in [0.15, 0.2) is 61.4 Å². The first-order chi connectivity index (χ1) is 17.2. The van der Waals surface area contributed by atoms with Gasteiger partial charge in [0, 0.05) is 54.2 Å². The molecule has 0 saturated carbocycles. The number of nitrogens with zero attached hydrogens (tertiary/aromatic N) is 8. The predicted octanol–water partition coefficient (Wildman–Crippen LogP) is 2.56. The number of imidazole rings is 1. The van der Waals surface area contributed by atoms with E-state index >= 15 is 0 Å². The van der Waals surface area contributed by atoms with E-state index in [1.807, 2.05) is 30.5 Å². The lowest BCUT2D eigenvalue weighted by Gasteiger charge is -2.37. The molecule has 11 nitrogen and oxygen atoms in total. The SMILES string of the molecule is NC1CN(c2cncc(-c3cc4c(-c5nc6c(-c7cccnc7)ccnc6[nH]5)n[nH]c4cn3)n2)C1. The van der Waals surface area contributed by atoms with Crippen molar-refractivity contribution in [3.63, 3.8) is 0 Å². The monoisotopic (exact) mass is 461 g/mol. The van der Waals surface area contributed by atoms with Crippen molar-refractivity contribution in [3.8, 4) is 34.0 Å². The predicted molar refractivity (Wildman–Crippen MR) is 131 cm³/mol. The maximum absolute atomic E-state index is 5.92. The van der Waals surface area contributed by atoms with Crippen LogP contribution in [0.5, 0.6) is 0 Å². The van der Waals surface area contributed by atoms with Crippen molar-refractivity contribution in [2.24, 2.45) is 5.73 Å². The van der Waals surface area contributed by atoms with E-state index in [0.717, 1.165) is 46.5 Å². The average molecular weight is 461 g/mol. The van der Waals surface area contributed by atoms with E-state index in [9.17, 15) is 0 Å². The van der Waals surface area contributed by atoms with Gasteiger partial charge in [0.1, 0.15) is 22.7 Å². The lowest BCUT2D eigenvalue weighted by atomic mass is 10.1. The number of aromatic nitrogens is 9. The Balaban J connectivity index is 1.31. The van der Waals surface area contributed by atoms with Crippen molar-refractivity contribution in [1.82, 2.24) is 45.1 Å². The third-order valence-electron chi connectivity index (χ3n) is 6.15. The van der Waals surface area contributed by atoms with Crippen LogP contribution in [0.1, 0.15) is 0 Å². The number of hydrogen-bond donors (Lipinski definition) is 3. The minimum Gasteiger partial charge on any atom is -0.352 e. The highest BCUT2D eigenvalue weighted by atomic mass is 15.3. The molecule has 0 unspecified atom stereocenters. The zero-order valence-electron chi connectivity index (χ0n) is 18.4. The fraction of sp³-hybridized carbons (Fsp3) is 0.125. The van der Waals surface area contributed by atoms with Crippen LogP contribution in [-0.4, -0.2) is 64.2 Å². The summed E-state index contributed by atoms with van der Waals surface area (Å²) in [4.78, 5) is 32.6. The Morgan fingerprint density at radius 3 is 2.74 bits per heavy atom. The molecule has 0 aliphatic carbocycles. The first kappa shape index (κ1) is 19.7. The quantitative estimate of drug-likeness (QED) is 0.360. The number of H-pyrrole nitrogens is 2. The lowest BCUT2D eigenvalue weighted by Crippen LogP contribution is -2.56. The summed E-state index contributed by atoms with van der Waals surface area (Å²) in [5.74, 6) is 1.41. The maximum Gasteiger partial charge on any atom is 0.160 e. The van der Waals surface area contributed by atoms with Crippen molar-refractivity contribution >= 4 is 27.9 Å². The Labute approximate surface area is 198 Å². The number of aromatic amines is 2. The zero-order valence-corrected chi connectivity index (χ0v) is 18.4. The van der Waals surface area contributed by atoms with Gasteiger partial charge in [-0.15, -0.1) is 0 Å². The molecule has 0 bridgehead atoms. The molecule has 4 N–H and O–H groups in total. The van der Waals surface area contributed by atoms with Gasteiger partial charge in [-0.2, -0.15) is 5.10 Å². The molecule has 1 aliphatic heterocycles. The molecule has 0 radical (unpaired) electrons. The summed E-state index contributed by atoms with van der Waals surface area (Å²) >= 11 is 0. The Morgan fingerprint density at radius 2 is 1.89 bits per heavy atom. The van der Waals surface area contributed by atoms with Crippen LogP contribution in [0.3, 0.4) is 0 Å². The summed E-state index contributed by atoms with van der Waals surface area (Å²) in [7, 11) is 0. The largest absolute Gasteiger partial charge is 0.352 e. The van der Waals surface area contributed by atoms with Crippen molar-refractivity contribution in [3.05, 3.63) is 61.4 Å². The van der Waals surface area contributed by atoms with E-state index in [1.54, 1.807) is 31.0 Å². The van der Waals surface area contributed by atoms with Crippen LogP contribution in [0.25, 0.3) is 56.1 Å². The van der Waals surface area contributed by atoms with E-state index in [0.29, 0.717) is 28.6 Å². The lowest BCUT2D eigenvalue weighted by molar-refractivity contribution is 0.514. The molecule has 1 saturated heterocycles. The second kappa shape index (κ2) is 7.64. The van der Waals surface area contributed by atoms with Gasteiger partial charge in [0.05, 0.1) is 29.8 Å². The Kier molecular flexibility index (Phi) is 4.29. The van der Waals surface area contributed by atoms with E-state index in [2.05, 4.69) is 40.0 Å². The van der Waals surface area contributed by atoms with Crippen molar-refractivity contribution < 1.29 is 0 Å². The third-order valence-corrected chi connectivity index (χ3v) is 6.15. The van der Waals surface area contributed by atoms with E-state index in [1.165, 1.54) is 0 Å². The fourth-order valence-corrected chi connectivity index (χ4v) is 4.35. The summed E-state index contributed by atoms with van der Waals surface area (Å²) < 4.78 is 0. The summed E-state index contributed by atoms with van der Waals surface area (Å²) in [6, 6.07) is 7.97. The second-order valence-electron chi connectivity index (χ2n) is 8.50.